The van der Waals surface area contributed by atoms with Gasteiger partial charge in [0.05, 0.1) is 0 Å². The minimum absolute atomic E-state index is 0.678. The van der Waals surface area contributed by atoms with Gasteiger partial charge in [-0.05, 0) is 30.7 Å². The van der Waals surface area contributed by atoms with Crippen LogP contribution in [0.25, 0.3) is 0 Å². The van der Waals surface area contributed by atoms with Crippen LogP contribution in [0.2, 0.25) is 0 Å². The molecular formula is C13H19N. The van der Waals surface area contributed by atoms with Gasteiger partial charge in [-0.1, -0.05) is 43.8 Å². The topological polar surface area (TPSA) is 26.0 Å². The van der Waals surface area contributed by atoms with Crippen molar-refractivity contribution in [3.63, 3.8) is 0 Å². The predicted octanol–water partition coefficient (Wildman–Crippen LogP) is 3.12. The lowest BCUT2D eigenvalue weighted by Crippen LogP contribution is -2.03. The minimum atomic E-state index is 0.678. The molecule has 1 atom stereocenters. The fourth-order valence-corrected chi connectivity index (χ4v) is 1.55. The summed E-state index contributed by atoms with van der Waals surface area (Å²) in [6.45, 7) is 5.97. The number of allylic oxidation sites excluding steroid dienone is 1. The van der Waals surface area contributed by atoms with Crippen molar-refractivity contribution in [2.24, 2.45) is 11.7 Å². The molecule has 0 fully saturated rings. The van der Waals surface area contributed by atoms with E-state index in [2.05, 4.69) is 43.8 Å². The van der Waals surface area contributed by atoms with Crippen LogP contribution in [-0.2, 0) is 6.42 Å². The molecule has 0 aliphatic rings. The Balaban J connectivity index is 2.34. The van der Waals surface area contributed by atoms with Crippen molar-refractivity contribution < 1.29 is 0 Å². The standard InChI is InChI=1S/C13H19N/c1-11(8-9-12(2)14)10-13-6-4-3-5-7-13/h3-7,11H,2,8-10,14H2,1H3. The summed E-state index contributed by atoms with van der Waals surface area (Å²) >= 11 is 0. The molecule has 76 valence electrons. The van der Waals surface area contributed by atoms with Gasteiger partial charge in [0.25, 0.3) is 0 Å². The Labute approximate surface area is 86.6 Å². The second kappa shape index (κ2) is 5.48. The number of hydrogen-bond acceptors (Lipinski definition) is 1. The van der Waals surface area contributed by atoms with E-state index in [1.807, 2.05) is 0 Å². The molecule has 0 bridgehead atoms. The number of benzene rings is 1. The summed E-state index contributed by atoms with van der Waals surface area (Å²) in [6, 6.07) is 10.6. The molecular weight excluding hydrogens is 170 g/mol. The smallest absolute Gasteiger partial charge is 0.000754 e. The summed E-state index contributed by atoms with van der Waals surface area (Å²) in [5.41, 5.74) is 7.74. The molecule has 1 heteroatoms. The second-order valence-electron chi connectivity index (χ2n) is 3.99. The van der Waals surface area contributed by atoms with Crippen LogP contribution in [0.1, 0.15) is 25.3 Å². The van der Waals surface area contributed by atoms with E-state index in [4.69, 9.17) is 5.73 Å². The molecule has 1 aromatic rings. The first-order valence-corrected chi connectivity index (χ1v) is 5.15. The van der Waals surface area contributed by atoms with E-state index in [-0.39, 0.29) is 0 Å². The van der Waals surface area contributed by atoms with Crippen molar-refractivity contribution in [2.45, 2.75) is 26.2 Å². The normalized spacial score (nSPS) is 12.4. The number of rotatable bonds is 5. The average Bonchev–Trinajstić information content (AvgIpc) is 2.16. The molecule has 0 spiro atoms. The van der Waals surface area contributed by atoms with E-state index in [0.29, 0.717) is 5.92 Å². The predicted molar refractivity (Wildman–Crippen MR) is 61.9 cm³/mol. The highest BCUT2D eigenvalue weighted by molar-refractivity contribution is 5.15. The van der Waals surface area contributed by atoms with Crippen LogP contribution in [0.3, 0.4) is 0 Å². The largest absolute Gasteiger partial charge is 0.403 e. The van der Waals surface area contributed by atoms with Gasteiger partial charge in [-0.3, -0.25) is 0 Å². The van der Waals surface area contributed by atoms with Gasteiger partial charge in [-0.25, -0.2) is 0 Å². The third-order valence-electron chi connectivity index (χ3n) is 2.39. The lowest BCUT2D eigenvalue weighted by atomic mass is 9.96. The Bertz CT molecular complexity index is 277. The molecule has 0 aliphatic heterocycles. The summed E-state index contributed by atoms with van der Waals surface area (Å²) in [4.78, 5) is 0. The van der Waals surface area contributed by atoms with Crippen LogP contribution in [0.5, 0.6) is 0 Å². The molecule has 0 amide bonds. The monoisotopic (exact) mass is 189 g/mol. The second-order valence-corrected chi connectivity index (χ2v) is 3.99. The summed E-state index contributed by atoms with van der Waals surface area (Å²) in [6.07, 6.45) is 3.20. The molecule has 0 saturated heterocycles. The Hall–Kier alpha value is -1.24. The summed E-state index contributed by atoms with van der Waals surface area (Å²) < 4.78 is 0. The third-order valence-corrected chi connectivity index (χ3v) is 2.39. The molecule has 0 aliphatic carbocycles. The molecule has 1 aromatic carbocycles. The zero-order chi connectivity index (χ0) is 10.4. The lowest BCUT2D eigenvalue weighted by molar-refractivity contribution is 0.528. The highest BCUT2D eigenvalue weighted by Gasteiger charge is 2.03. The number of hydrogen-bond donors (Lipinski definition) is 1. The maximum Gasteiger partial charge on any atom is 0.000754 e. The van der Waals surface area contributed by atoms with Crippen molar-refractivity contribution in [1.82, 2.24) is 0 Å². The maximum atomic E-state index is 5.54. The quantitative estimate of drug-likeness (QED) is 0.756. The van der Waals surface area contributed by atoms with E-state index in [9.17, 15) is 0 Å². The van der Waals surface area contributed by atoms with Gasteiger partial charge in [0.15, 0.2) is 0 Å². The van der Waals surface area contributed by atoms with Crippen molar-refractivity contribution in [3.8, 4) is 0 Å². The van der Waals surface area contributed by atoms with Gasteiger partial charge in [0, 0.05) is 5.70 Å². The van der Waals surface area contributed by atoms with E-state index >= 15 is 0 Å². The fourth-order valence-electron chi connectivity index (χ4n) is 1.55. The first-order chi connectivity index (χ1) is 6.68. The highest BCUT2D eigenvalue weighted by atomic mass is 14.6. The van der Waals surface area contributed by atoms with E-state index in [1.54, 1.807) is 0 Å². The van der Waals surface area contributed by atoms with Crippen LogP contribution in [-0.4, -0.2) is 0 Å². The van der Waals surface area contributed by atoms with Gasteiger partial charge >= 0.3 is 0 Å². The molecule has 0 radical (unpaired) electrons. The molecule has 1 rings (SSSR count). The Kier molecular flexibility index (Phi) is 4.24. The van der Waals surface area contributed by atoms with Crippen molar-refractivity contribution >= 4 is 0 Å². The number of nitrogens with two attached hydrogens (primary N) is 1. The summed E-state index contributed by atoms with van der Waals surface area (Å²) in [7, 11) is 0. The van der Waals surface area contributed by atoms with Gasteiger partial charge < -0.3 is 5.73 Å². The van der Waals surface area contributed by atoms with Crippen molar-refractivity contribution in [3.05, 3.63) is 48.2 Å². The summed E-state index contributed by atoms with van der Waals surface area (Å²) in [5.74, 6) is 0.678. The van der Waals surface area contributed by atoms with Crippen LogP contribution in [0, 0.1) is 5.92 Å². The van der Waals surface area contributed by atoms with Crippen LogP contribution in [0.4, 0.5) is 0 Å². The molecule has 0 aromatic heterocycles. The first kappa shape index (κ1) is 10.8. The van der Waals surface area contributed by atoms with Crippen molar-refractivity contribution in [1.29, 1.82) is 0 Å². The van der Waals surface area contributed by atoms with Gasteiger partial charge in [0.1, 0.15) is 0 Å². The van der Waals surface area contributed by atoms with Crippen LogP contribution < -0.4 is 5.73 Å². The van der Waals surface area contributed by atoms with Crippen molar-refractivity contribution in [2.75, 3.05) is 0 Å². The zero-order valence-electron chi connectivity index (χ0n) is 8.87. The van der Waals surface area contributed by atoms with E-state index < -0.39 is 0 Å². The van der Waals surface area contributed by atoms with Crippen LogP contribution >= 0.6 is 0 Å². The molecule has 1 unspecified atom stereocenters. The van der Waals surface area contributed by atoms with Gasteiger partial charge in [-0.2, -0.15) is 0 Å². The molecule has 0 heterocycles. The zero-order valence-corrected chi connectivity index (χ0v) is 8.87. The summed E-state index contributed by atoms with van der Waals surface area (Å²) in [5, 5.41) is 0. The minimum Gasteiger partial charge on any atom is -0.403 e. The average molecular weight is 189 g/mol. The van der Waals surface area contributed by atoms with E-state index in [1.165, 1.54) is 5.56 Å². The molecule has 2 N–H and O–H groups in total. The van der Waals surface area contributed by atoms with E-state index in [0.717, 1.165) is 25.0 Å². The lowest BCUT2D eigenvalue weighted by Gasteiger charge is -2.10. The fraction of sp³-hybridized carbons (Fsp3) is 0.385. The Morgan fingerprint density at radius 2 is 2.00 bits per heavy atom. The van der Waals surface area contributed by atoms with Gasteiger partial charge in [-0.15, -0.1) is 0 Å². The Morgan fingerprint density at radius 1 is 1.36 bits per heavy atom. The first-order valence-electron chi connectivity index (χ1n) is 5.15. The third kappa shape index (κ3) is 4.13. The molecule has 14 heavy (non-hydrogen) atoms. The van der Waals surface area contributed by atoms with Gasteiger partial charge in [0.2, 0.25) is 0 Å². The highest BCUT2D eigenvalue weighted by Crippen LogP contribution is 2.14. The van der Waals surface area contributed by atoms with Crippen LogP contribution in [0.15, 0.2) is 42.6 Å². The Morgan fingerprint density at radius 3 is 2.57 bits per heavy atom. The maximum absolute atomic E-state index is 5.54. The molecule has 0 saturated carbocycles. The SMILES string of the molecule is C=C(N)CCC(C)Cc1ccccc1. The molecule has 1 nitrogen and oxygen atoms in total.